The Morgan fingerprint density at radius 3 is 2.43 bits per heavy atom. The van der Waals surface area contributed by atoms with Crippen molar-refractivity contribution in [3.05, 3.63) is 34.9 Å². The number of hydrogen-bond acceptors (Lipinski definition) is 1. The van der Waals surface area contributed by atoms with E-state index < -0.39 is 0 Å². The van der Waals surface area contributed by atoms with E-state index in [1.807, 2.05) is 0 Å². The standard InChI is InChI=1S/C20H31N/c1-19(2,3)21-14-20(4,18-10-11-18)13-15-8-9-16-6-5-7-17(16)12-15/h8-9,12,18,21H,5-7,10-11,13-14H2,1-4H3. The van der Waals surface area contributed by atoms with Crippen molar-refractivity contribution in [2.75, 3.05) is 6.54 Å². The van der Waals surface area contributed by atoms with Crippen LogP contribution < -0.4 is 5.32 Å². The maximum Gasteiger partial charge on any atom is 0.00967 e. The summed E-state index contributed by atoms with van der Waals surface area (Å²) < 4.78 is 0. The molecule has 1 N–H and O–H groups in total. The molecule has 0 heterocycles. The molecule has 0 spiro atoms. The van der Waals surface area contributed by atoms with Gasteiger partial charge in [0.1, 0.15) is 0 Å². The van der Waals surface area contributed by atoms with E-state index in [4.69, 9.17) is 0 Å². The van der Waals surface area contributed by atoms with E-state index in [2.05, 4.69) is 51.2 Å². The van der Waals surface area contributed by atoms with Gasteiger partial charge in [0.2, 0.25) is 0 Å². The number of rotatable bonds is 5. The van der Waals surface area contributed by atoms with Gasteiger partial charge in [0.25, 0.3) is 0 Å². The Hall–Kier alpha value is -0.820. The van der Waals surface area contributed by atoms with E-state index in [-0.39, 0.29) is 5.54 Å². The van der Waals surface area contributed by atoms with Crippen LogP contribution in [0.25, 0.3) is 0 Å². The SMILES string of the molecule is CC(C)(C)NCC(C)(Cc1ccc2c(c1)CCC2)C1CC1. The lowest BCUT2D eigenvalue weighted by molar-refractivity contribution is 0.227. The zero-order valence-electron chi connectivity index (χ0n) is 14.3. The molecule has 0 radical (unpaired) electrons. The van der Waals surface area contributed by atoms with Crippen molar-refractivity contribution in [2.45, 2.75) is 71.8 Å². The summed E-state index contributed by atoms with van der Waals surface area (Å²) in [5.74, 6) is 0.917. The quantitative estimate of drug-likeness (QED) is 0.838. The van der Waals surface area contributed by atoms with Crippen LogP contribution in [-0.2, 0) is 19.3 Å². The Labute approximate surface area is 130 Å². The van der Waals surface area contributed by atoms with E-state index in [1.54, 1.807) is 16.7 Å². The van der Waals surface area contributed by atoms with Gasteiger partial charge in [-0.05, 0) is 87.3 Å². The molecule has 0 aromatic heterocycles. The van der Waals surface area contributed by atoms with Crippen molar-refractivity contribution in [3.8, 4) is 0 Å². The Kier molecular flexibility index (Phi) is 3.90. The summed E-state index contributed by atoms with van der Waals surface area (Å²) in [4.78, 5) is 0. The molecule has 1 aromatic carbocycles. The summed E-state index contributed by atoms with van der Waals surface area (Å²) in [5, 5.41) is 3.76. The second kappa shape index (κ2) is 5.43. The normalized spacial score (nSPS) is 21.1. The van der Waals surface area contributed by atoms with Gasteiger partial charge in [0, 0.05) is 12.1 Å². The van der Waals surface area contributed by atoms with Crippen LogP contribution in [0.2, 0.25) is 0 Å². The molecule has 0 bridgehead atoms. The van der Waals surface area contributed by atoms with Gasteiger partial charge in [0.15, 0.2) is 0 Å². The summed E-state index contributed by atoms with van der Waals surface area (Å²) in [6.07, 6.45) is 8.02. The molecule has 1 aromatic rings. The van der Waals surface area contributed by atoms with Crippen LogP contribution in [0, 0.1) is 11.3 Å². The average Bonchev–Trinajstić information content (AvgIpc) is 3.16. The van der Waals surface area contributed by atoms with Crippen LogP contribution >= 0.6 is 0 Å². The minimum atomic E-state index is 0.216. The minimum absolute atomic E-state index is 0.216. The van der Waals surface area contributed by atoms with Crippen molar-refractivity contribution in [1.82, 2.24) is 5.32 Å². The lowest BCUT2D eigenvalue weighted by Gasteiger charge is -2.34. The van der Waals surface area contributed by atoms with Crippen molar-refractivity contribution >= 4 is 0 Å². The molecule has 0 amide bonds. The van der Waals surface area contributed by atoms with Gasteiger partial charge >= 0.3 is 0 Å². The summed E-state index contributed by atoms with van der Waals surface area (Å²) >= 11 is 0. The molecule has 1 unspecified atom stereocenters. The van der Waals surface area contributed by atoms with Crippen LogP contribution in [0.1, 0.15) is 63.6 Å². The molecule has 0 saturated heterocycles. The predicted molar refractivity (Wildman–Crippen MR) is 90.8 cm³/mol. The van der Waals surface area contributed by atoms with Gasteiger partial charge in [-0.25, -0.2) is 0 Å². The molecule has 21 heavy (non-hydrogen) atoms. The van der Waals surface area contributed by atoms with Crippen LogP contribution in [0.15, 0.2) is 18.2 Å². The molecule has 116 valence electrons. The van der Waals surface area contributed by atoms with E-state index in [9.17, 15) is 0 Å². The van der Waals surface area contributed by atoms with E-state index >= 15 is 0 Å². The lowest BCUT2D eigenvalue weighted by atomic mass is 9.78. The Balaban J connectivity index is 1.72. The Bertz CT molecular complexity index is 507. The van der Waals surface area contributed by atoms with Crippen molar-refractivity contribution in [3.63, 3.8) is 0 Å². The first kappa shape index (κ1) is 15.1. The fourth-order valence-corrected chi connectivity index (χ4v) is 3.80. The van der Waals surface area contributed by atoms with Crippen LogP contribution in [0.4, 0.5) is 0 Å². The first-order valence-corrected chi connectivity index (χ1v) is 8.71. The zero-order chi connectivity index (χ0) is 15.1. The molecule has 1 atom stereocenters. The van der Waals surface area contributed by atoms with Crippen molar-refractivity contribution in [2.24, 2.45) is 11.3 Å². The highest BCUT2D eigenvalue weighted by molar-refractivity contribution is 5.35. The highest BCUT2D eigenvalue weighted by Gasteiger charge is 2.41. The van der Waals surface area contributed by atoms with E-state index in [0.717, 1.165) is 12.5 Å². The molecule has 1 saturated carbocycles. The highest BCUT2D eigenvalue weighted by Crippen LogP contribution is 2.47. The molecule has 1 nitrogen and oxygen atoms in total. The molecule has 0 aliphatic heterocycles. The predicted octanol–water partition coefficient (Wildman–Crippen LogP) is 4.52. The van der Waals surface area contributed by atoms with Gasteiger partial charge in [-0.2, -0.15) is 0 Å². The fourth-order valence-electron chi connectivity index (χ4n) is 3.80. The molecule has 2 aliphatic rings. The number of fused-ring (bicyclic) bond motifs is 1. The third-order valence-corrected chi connectivity index (χ3v) is 5.36. The van der Waals surface area contributed by atoms with Crippen molar-refractivity contribution in [1.29, 1.82) is 0 Å². The smallest absolute Gasteiger partial charge is 0.00967 e. The number of aryl methyl sites for hydroxylation is 2. The van der Waals surface area contributed by atoms with Crippen LogP contribution in [0.5, 0.6) is 0 Å². The number of benzene rings is 1. The second-order valence-electron chi connectivity index (χ2n) is 8.67. The highest BCUT2D eigenvalue weighted by atomic mass is 15.0. The number of nitrogens with one attached hydrogen (secondary N) is 1. The maximum absolute atomic E-state index is 3.76. The zero-order valence-corrected chi connectivity index (χ0v) is 14.3. The monoisotopic (exact) mass is 285 g/mol. The number of hydrogen-bond donors (Lipinski definition) is 1. The minimum Gasteiger partial charge on any atom is -0.312 e. The Morgan fingerprint density at radius 2 is 1.76 bits per heavy atom. The lowest BCUT2D eigenvalue weighted by Crippen LogP contribution is -2.44. The largest absolute Gasteiger partial charge is 0.312 e. The summed E-state index contributed by atoms with van der Waals surface area (Å²) in [6, 6.07) is 7.28. The maximum atomic E-state index is 3.76. The second-order valence-corrected chi connectivity index (χ2v) is 8.67. The van der Waals surface area contributed by atoms with Gasteiger partial charge in [-0.3, -0.25) is 0 Å². The summed E-state index contributed by atoms with van der Waals surface area (Å²) in [7, 11) is 0. The van der Waals surface area contributed by atoms with Crippen molar-refractivity contribution < 1.29 is 0 Å². The third kappa shape index (κ3) is 3.69. The summed E-state index contributed by atoms with van der Waals surface area (Å²) in [5.41, 5.74) is 5.41. The van der Waals surface area contributed by atoms with Gasteiger partial charge in [0.05, 0.1) is 0 Å². The molecular weight excluding hydrogens is 254 g/mol. The molecule has 1 heteroatoms. The Morgan fingerprint density at radius 1 is 1.05 bits per heavy atom. The first-order chi connectivity index (χ1) is 9.86. The van der Waals surface area contributed by atoms with Gasteiger partial charge < -0.3 is 5.32 Å². The topological polar surface area (TPSA) is 12.0 Å². The van der Waals surface area contributed by atoms with E-state index in [0.29, 0.717) is 5.41 Å². The average molecular weight is 285 g/mol. The van der Waals surface area contributed by atoms with Crippen LogP contribution in [0.3, 0.4) is 0 Å². The van der Waals surface area contributed by atoms with Gasteiger partial charge in [-0.1, -0.05) is 25.1 Å². The first-order valence-electron chi connectivity index (χ1n) is 8.71. The van der Waals surface area contributed by atoms with E-state index in [1.165, 1.54) is 38.5 Å². The third-order valence-electron chi connectivity index (χ3n) is 5.36. The molecule has 2 aliphatic carbocycles. The van der Waals surface area contributed by atoms with Gasteiger partial charge in [-0.15, -0.1) is 0 Å². The van der Waals surface area contributed by atoms with Crippen LogP contribution in [-0.4, -0.2) is 12.1 Å². The molecule has 3 rings (SSSR count). The summed E-state index contributed by atoms with van der Waals surface area (Å²) in [6.45, 7) is 10.5. The molecular formula is C20H31N. The fraction of sp³-hybridized carbons (Fsp3) is 0.700. The molecule has 1 fully saturated rings.